The van der Waals surface area contributed by atoms with Crippen molar-refractivity contribution in [3.63, 3.8) is 0 Å². The van der Waals surface area contributed by atoms with Crippen LogP contribution in [0.3, 0.4) is 0 Å². The lowest BCUT2D eigenvalue weighted by Crippen LogP contribution is -2.48. The molecule has 1 N–H and O–H groups in total. The number of rotatable bonds is 4. The molecule has 24 heavy (non-hydrogen) atoms. The predicted molar refractivity (Wildman–Crippen MR) is 95.7 cm³/mol. The minimum atomic E-state index is -4.79. The minimum Gasteiger partial charge on any atom is -0.493 e. The fourth-order valence-electron chi connectivity index (χ4n) is 2.10. The Morgan fingerprint density at radius 1 is 1.54 bits per heavy atom. The van der Waals surface area contributed by atoms with E-state index >= 15 is 0 Å². The first-order valence-electron chi connectivity index (χ1n) is 19.1. The van der Waals surface area contributed by atoms with Gasteiger partial charge in [-0.1, -0.05) is 20.6 Å². The molecule has 0 aliphatic carbocycles. The smallest absolute Gasteiger partial charge is 0.210 e. The number of methoxy groups -OCH3 is 2. The SMILES string of the molecule is [2H]OC1([2H])C([2H])([2H])C2([2H])c3c([2H])c(OC([2H])([2H])[2H])c(OC)c([2H])c3C([2H])([2H])C([2H])([2H])N2C([2H])([2H])C1([2H])C([2H])([2H])C(C)(C([2H])([2H])[2H])C([2H])([2H])[2H]. The molecule has 3 atom stereocenters. The molecule has 0 amide bonds. The Hall–Kier alpha value is -1.26. The molecule has 0 bridgehead atoms. The number of ether oxygens (including phenoxy) is 2. The van der Waals surface area contributed by atoms with Gasteiger partial charge < -0.3 is 14.6 Å². The summed E-state index contributed by atoms with van der Waals surface area (Å²) in [5.74, 6) is -7.13. The number of nitrogens with zero attached hydrogens (tertiary/aromatic N) is 1. The molecule has 0 saturated carbocycles. The van der Waals surface area contributed by atoms with Gasteiger partial charge in [-0.2, -0.15) is 0 Å². The number of aliphatic hydroxyl groups is 1. The van der Waals surface area contributed by atoms with Crippen molar-refractivity contribution in [2.24, 2.45) is 11.3 Å². The van der Waals surface area contributed by atoms with Gasteiger partial charge in [0.2, 0.25) is 1.43 Å². The largest absolute Gasteiger partial charge is 0.493 e. The van der Waals surface area contributed by atoms with Crippen molar-refractivity contribution in [3.05, 3.63) is 23.2 Å². The summed E-state index contributed by atoms with van der Waals surface area (Å²) in [5.41, 5.74) is -7.02. The summed E-state index contributed by atoms with van der Waals surface area (Å²) in [4.78, 5) is -0.783. The summed E-state index contributed by atoms with van der Waals surface area (Å²) in [6.45, 7) is -16.9. The van der Waals surface area contributed by atoms with Crippen LogP contribution in [0.25, 0.3) is 0 Å². The van der Waals surface area contributed by atoms with Crippen LogP contribution in [-0.4, -0.2) is 44.7 Å². The lowest BCUT2D eigenvalue weighted by molar-refractivity contribution is -0.0259. The maximum Gasteiger partial charge on any atom is 0.210 e. The van der Waals surface area contributed by atoms with Crippen LogP contribution in [-0.2, 0) is 6.37 Å². The number of benzene rings is 1. The molecule has 1 fully saturated rings. The van der Waals surface area contributed by atoms with E-state index in [2.05, 4.69) is 5.11 Å². The third-order valence-electron chi connectivity index (χ3n) is 3.05. The molecular weight excluding hydrogens is 302 g/mol. The summed E-state index contributed by atoms with van der Waals surface area (Å²) in [6.07, 6.45) is -17.8. The van der Waals surface area contributed by atoms with Gasteiger partial charge >= 0.3 is 0 Å². The first-order valence-corrected chi connectivity index (χ1v) is 6.65. The van der Waals surface area contributed by atoms with E-state index in [1.165, 1.54) is 0 Å². The van der Waals surface area contributed by atoms with Gasteiger partial charge in [-0.05, 0) is 53.6 Å². The lowest BCUT2D eigenvalue weighted by Gasteiger charge is -2.47. The summed E-state index contributed by atoms with van der Waals surface area (Å²) in [7, 11) is -2.70. The van der Waals surface area contributed by atoms with Crippen LogP contribution < -0.4 is 9.47 Å². The zero-order valence-electron chi connectivity index (χ0n) is 37.7. The van der Waals surface area contributed by atoms with Crippen molar-refractivity contribution in [1.29, 1.82) is 1.43 Å². The summed E-state index contributed by atoms with van der Waals surface area (Å²) in [5, 5.41) is 4.22. The highest BCUT2D eigenvalue weighted by atomic mass is 16.5. The topological polar surface area (TPSA) is 41.9 Å². The minimum absolute atomic E-state index is 0.195. The second kappa shape index (κ2) is 6.57. The van der Waals surface area contributed by atoms with E-state index in [4.69, 9.17) is 41.1 Å². The van der Waals surface area contributed by atoms with Gasteiger partial charge in [-0.3, -0.25) is 4.90 Å². The van der Waals surface area contributed by atoms with Crippen LogP contribution in [0, 0.1) is 11.3 Å². The van der Waals surface area contributed by atoms with E-state index in [1.807, 2.05) is 0 Å². The predicted octanol–water partition coefficient (Wildman–Crippen LogP) is 3.42. The van der Waals surface area contributed by atoms with Gasteiger partial charge in [0.05, 0.1) is 29.8 Å². The summed E-state index contributed by atoms with van der Waals surface area (Å²) >= 11 is 0. The molecule has 4 nitrogen and oxygen atoms in total. The van der Waals surface area contributed by atoms with Gasteiger partial charge in [0.15, 0.2) is 11.5 Å². The highest BCUT2D eigenvalue weighted by Gasteiger charge is 2.39. The van der Waals surface area contributed by atoms with Crippen LogP contribution in [0.1, 0.15) is 83.4 Å². The molecule has 2 heterocycles. The zero-order chi connectivity index (χ0) is 39.2. The Labute approximate surface area is 181 Å². The van der Waals surface area contributed by atoms with E-state index in [1.54, 1.807) is 0 Å². The molecule has 3 unspecified atom stereocenters. The lowest BCUT2D eigenvalue weighted by atomic mass is 9.75. The molecule has 1 aromatic rings. The fourth-order valence-corrected chi connectivity index (χ4v) is 2.10. The summed E-state index contributed by atoms with van der Waals surface area (Å²) < 4.78 is 222. The quantitative estimate of drug-likeness (QED) is 0.895. The molecule has 1 aromatic carbocycles. The van der Waals surface area contributed by atoms with Crippen LogP contribution in [0.15, 0.2) is 12.1 Å². The second-order valence-corrected chi connectivity index (χ2v) is 5.08. The Bertz CT molecular complexity index is 1500. The molecule has 2 aliphatic rings. The number of hydrogen-bond donors (Lipinski definition) is 1. The Balaban J connectivity index is 2.79. The Morgan fingerprint density at radius 3 is 3.08 bits per heavy atom. The normalized spacial score (nSPS) is 62.3. The van der Waals surface area contributed by atoms with Crippen molar-refractivity contribution in [2.75, 3.05) is 27.1 Å². The average Bonchev–Trinajstić information content (AvgIpc) is 2.88. The van der Waals surface area contributed by atoms with Crippen LogP contribution >= 0.6 is 0 Å². The van der Waals surface area contributed by atoms with E-state index in [9.17, 15) is 2.74 Å². The van der Waals surface area contributed by atoms with Crippen molar-refractivity contribution >= 4 is 0 Å². The number of hydrogen-bond acceptors (Lipinski definition) is 4. The van der Waals surface area contributed by atoms with Crippen molar-refractivity contribution in [3.8, 4) is 11.5 Å². The van der Waals surface area contributed by atoms with Gasteiger partial charge in [-0.25, -0.2) is 0 Å². The van der Waals surface area contributed by atoms with Crippen molar-refractivity contribution in [1.82, 2.24) is 4.90 Å². The highest BCUT2D eigenvalue weighted by molar-refractivity contribution is 5.49. The molecular formula is C20H31NO3. The molecule has 1 saturated heterocycles. The van der Waals surface area contributed by atoms with E-state index in [0.717, 1.165) is 7.11 Å². The molecule has 0 spiro atoms. The molecule has 134 valence electrons. The third kappa shape index (κ3) is 3.40. The standard InChI is InChI=1S/C20H31NO3/c1-20(2,3)11-14-12-21-7-6-13-8-18(23-4)19(24-5)9-15(13)16(21)10-17(14)22/h8-9,14,16-17,22H,6-7,10-12H2,1-5H3/i1D3,2D3,5D3,6D2,7D2,8D,9D,10D2,11D2,12D2,14D,16D,17D,22D. The van der Waals surface area contributed by atoms with Gasteiger partial charge in [0, 0.05) is 42.3 Å². The molecule has 2 aliphatic heterocycles. The monoisotopic (exact) mass is 358 g/mol. The van der Waals surface area contributed by atoms with E-state index in [-0.39, 0.29) is 6.92 Å². The van der Waals surface area contributed by atoms with Crippen molar-refractivity contribution in [2.45, 2.75) is 51.8 Å². The Kier molecular flexibility index (Phi) is 1.19. The van der Waals surface area contributed by atoms with Gasteiger partial charge in [0.25, 0.3) is 0 Å². The van der Waals surface area contributed by atoms with Crippen LogP contribution in [0.5, 0.6) is 11.5 Å². The number of fused-ring (bicyclic) bond motifs is 3. The highest BCUT2D eigenvalue weighted by Crippen LogP contribution is 2.44. The zero-order valence-corrected chi connectivity index (χ0v) is 12.7. The maximum atomic E-state index is 9.44. The first-order chi connectivity index (χ1) is 21.3. The van der Waals surface area contributed by atoms with Gasteiger partial charge in [-0.15, -0.1) is 0 Å². The molecule has 0 radical (unpaired) electrons. The second-order valence-electron chi connectivity index (χ2n) is 5.08. The molecule has 0 aromatic heterocycles. The fraction of sp³-hybridized carbons (Fsp3) is 0.700. The van der Waals surface area contributed by atoms with Crippen molar-refractivity contribution < 1.29 is 47.5 Å². The van der Waals surface area contributed by atoms with E-state index in [0.29, 0.717) is 0 Å². The average molecular weight is 359 g/mol. The van der Waals surface area contributed by atoms with Crippen LogP contribution in [0.2, 0.25) is 0 Å². The first kappa shape index (κ1) is 4.34. The molecule has 3 rings (SSSR count). The Morgan fingerprint density at radius 2 is 2.38 bits per heavy atom. The van der Waals surface area contributed by atoms with Crippen LogP contribution in [0.4, 0.5) is 0 Å². The number of piperidine rings is 1. The third-order valence-corrected chi connectivity index (χ3v) is 3.05. The van der Waals surface area contributed by atoms with E-state index < -0.39 is 116 Å². The summed E-state index contributed by atoms with van der Waals surface area (Å²) in [6, 6.07) is -7.13. The molecule has 4 heteroatoms. The maximum absolute atomic E-state index is 9.44. The van der Waals surface area contributed by atoms with Gasteiger partial charge in [0.1, 0.15) is 0 Å².